The molecule has 4 heteroatoms. The molecule has 0 aliphatic heterocycles. The number of benzene rings is 1. The zero-order valence-corrected chi connectivity index (χ0v) is 12.0. The Bertz CT molecular complexity index is 521. The summed E-state index contributed by atoms with van der Waals surface area (Å²) in [6.07, 6.45) is 0.368. The Hall–Kier alpha value is -0.390. The van der Waals surface area contributed by atoms with Crippen LogP contribution in [-0.4, -0.2) is 5.78 Å². The first kappa shape index (κ1) is 12.1. The predicted octanol–water partition coefficient (Wildman–Crippen LogP) is 4.43. The van der Waals surface area contributed by atoms with Crippen molar-refractivity contribution in [3.63, 3.8) is 0 Å². The van der Waals surface area contributed by atoms with Crippen LogP contribution in [0.15, 0.2) is 35.7 Å². The monoisotopic (exact) mass is 362 g/mol. The molecule has 0 saturated carbocycles. The van der Waals surface area contributed by atoms with E-state index < -0.39 is 0 Å². The quantitative estimate of drug-likeness (QED) is 0.583. The Kier molecular flexibility index (Phi) is 4.00. The fourth-order valence-corrected chi connectivity index (χ4v) is 2.93. The van der Waals surface area contributed by atoms with Crippen molar-refractivity contribution in [1.82, 2.24) is 0 Å². The highest BCUT2D eigenvalue weighted by Gasteiger charge is 2.10. The normalized spacial score (nSPS) is 10.4. The van der Waals surface area contributed by atoms with Crippen LogP contribution in [0.5, 0.6) is 0 Å². The van der Waals surface area contributed by atoms with Crippen LogP contribution >= 0.6 is 45.5 Å². The molecule has 0 saturated heterocycles. The Morgan fingerprint density at radius 2 is 2.12 bits per heavy atom. The zero-order chi connectivity index (χ0) is 11.5. The van der Waals surface area contributed by atoms with Crippen molar-refractivity contribution < 1.29 is 4.79 Å². The summed E-state index contributed by atoms with van der Waals surface area (Å²) in [6, 6.07) is 9.36. The standard InChI is InChI=1S/C12H8ClIOS/c13-10-4-2-1-3-8(10)5-11(15)9-6-12(14)16-7-9/h1-4,6-7H,5H2. The van der Waals surface area contributed by atoms with Gasteiger partial charge in [-0.2, -0.15) is 0 Å². The lowest BCUT2D eigenvalue weighted by Crippen LogP contribution is -2.02. The number of carbonyl (C=O) groups is 1. The van der Waals surface area contributed by atoms with Gasteiger partial charge in [0.1, 0.15) is 0 Å². The van der Waals surface area contributed by atoms with Gasteiger partial charge < -0.3 is 0 Å². The number of thiophene rings is 1. The van der Waals surface area contributed by atoms with Crippen molar-refractivity contribution in [2.45, 2.75) is 6.42 Å². The molecule has 1 nitrogen and oxygen atoms in total. The fourth-order valence-electron chi connectivity index (χ4n) is 1.37. The molecule has 0 N–H and O–H groups in total. The minimum Gasteiger partial charge on any atom is -0.294 e. The molecular formula is C12H8ClIOS. The minimum absolute atomic E-state index is 0.118. The summed E-state index contributed by atoms with van der Waals surface area (Å²) in [5, 5.41) is 2.54. The molecule has 0 aliphatic carbocycles. The van der Waals surface area contributed by atoms with Crippen molar-refractivity contribution >= 4 is 51.3 Å². The number of ketones is 1. The van der Waals surface area contributed by atoms with Crippen molar-refractivity contribution in [3.8, 4) is 0 Å². The van der Waals surface area contributed by atoms with Gasteiger partial charge in [-0.3, -0.25) is 4.79 Å². The van der Waals surface area contributed by atoms with Crippen LogP contribution in [0.25, 0.3) is 0 Å². The van der Waals surface area contributed by atoms with Crippen molar-refractivity contribution in [3.05, 3.63) is 54.7 Å². The van der Waals surface area contributed by atoms with Gasteiger partial charge in [0.05, 0.1) is 2.88 Å². The van der Waals surface area contributed by atoms with Crippen LogP contribution in [0.4, 0.5) is 0 Å². The first-order valence-electron chi connectivity index (χ1n) is 4.67. The third-order valence-corrected chi connectivity index (χ3v) is 4.36. The van der Waals surface area contributed by atoms with Gasteiger partial charge in [-0.1, -0.05) is 29.8 Å². The molecule has 0 atom stereocenters. The predicted molar refractivity (Wildman–Crippen MR) is 76.5 cm³/mol. The van der Waals surface area contributed by atoms with Gasteiger partial charge >= 0.3 is 0 Å². The lowest BCUT2D eigenvalue weighted by molar-refractivity contribution is 0.0993. The molecule has 2 aromatic rings. The van der Waals surface area contributed by atoms with E-state index in [0.717, 1.165) is 14.0 Å². The smallest absolute Gasteiger partial charge is 0.168 e. The van der Waals surface area contributed by atoms with Crippen LogP contribution in [0.1, 0.15) is 15.9 Å². The van der Waals surface area contributed by atoms with Gasteiger partial charge in [-0.05, 0) is 40.3 Å². The maximum atomic E-state index is 11.9. The lowest BCUT2D eigenvalue weighted by Gasteiger charge is -2.01. The third kappa shape index (κ3) is 2.84. The molecule has 0 radical (unpaired) electrons. The average molecular weight is 363 g/mol. The summed E-state index contributed by atoms with van der Waals surface area (Å²) < 4.78 is 1.13. The number of rotatable bonds is 3. The van der Waals surface area contributed by atoms with E-state index in [1.165, 1.54) is 0 Å². The average Bonchev–Trinajstić information content (AvgIpc) is 2.68. The summed E-state index contributed by atoms with van der Waals surface area (Å²) in [4.78, 5) is 11.9. The van der Waals surface area contributed by atoms with Crippen molar-refractivity contribution in [2.24, 2.45) is 0 Å². The Morgan fingerprint density at radius 3 is 2.75 bits per heavy atom. The third-order valence-electron chi connectivity index (χ3n) is 2.20. The minimum atomic E-state index is 0.118. The second-order valence-electron chi connectivity index (χ2n) is 3.33. The molecule has 82 valence electrons. The van der Waals surface area contributed by atoms with E-state index in [9.17, 15) is 4.79 Å². The number of Topliss-reactive ketones (excluding diaryl/α,β-unsaturated/α-hetero) is 1. The molecule has 1 aromatic heterocycles. The number of halogens is 2. The van der Waals surface area contributed by atoms with E-state index in [0.29, 0.717) is 11.4 Å². The van der Waals surface area contributed by atoms with E-state index >= 15 is 0 Å². The van der Waals surface area contributed by atoms with Crippen LogP contribution in [0, 0.1) is 2.88 Å². The molecule has 0 unspecified atom stereocenters. The maximum Gasteiger partial charge on any atom is 0.168 e. The molecule has 0 spiro atoms. The number of hydrogen-bond acceptors (Lipinski definition) is 2. The second kappa shape index (κ2) is 5.29. The molecule has 2 rings (SSSR count). The van der Waals surface area contributed by atoms with E-state index in [1.807, 2.05) is 35.7 Å². The van der Waals surface area contributed by atoms with E-state index in [1.54, 1.807) is 11.3 Å². The molecule has 0 bridgehead atoms. The van der Waals surface area contributed by atoms with Gasteiger partial charge in [0.15, 0.2) is 5.78 Å². The highest BCUT2D eigenvalue weighted by molar-refractivity contribution is 14.1. The van der Waals surface area contributed by atoms with E-state index in [-0.39, 0.29) is 5.78 Å². The molecule has 0 fully saturated rings. The zero-order valence-electron chi connectivity index (χ0n) is 8.24. The van der Waals surface area contributed by atoms with E-state index in [4.69, 9.17) is 11.6 Å². The van der Waals surface area contributed by atoms with Crippen LogP contribution in [-0.2, 0) is 6.42 Å². The Labute approximate surface area is 117 Å². The summed E-state index contributed by atoms with van der Waals surface area (Å²) in [5.74, 6) is 0.118. The SMILES string of the molecule is O=C(Cc1ccccc1Cl)c1csc(I)c1. The Morgan fingerprint density at radius 1 is 1.38 bits per heavy atom. The summed E-state index contributed by atoms with van der Waals surface area (Å²) >= 11 is 9.80. The first-order valence-corrected chi connectivity index (χ1v) is 7.01. The van der Waals surface area contributed by atoms with Crippen molar-refractivity contribution in [2.75, 3.05) is 0 Å². The van der Waals surface area contributed by atoms with Crippen LogP contribution < -0.4 is 0 Å². The molecule has 0 amide bonds. The van der Waals surface area contributed by atoms with Gasteiger partial charge in [0.25, 0.3) is 0 Å². The lowest BCUT2D eigenvalue weighted by atomic mass is 10.1. The molecule has 1 aromatic carbocycles. The highest BCUT2D eigenvalue weighted by atomic mass is 127. The fraction of sp³-hybridized carbons (Fsp3) is 0.0833. The van der Waals surface area contributed by atoms with Gasteiger partial charge in [0.2, 0.25) is 0 Å². The number of hydrogen-bond donors (Lipinski definition) is 0. The summed E-state index contributed by atoms with van der Waals surface area (Å²) in [7, 11) is 0. The summed E-state index contributed by atoms with van der Waals surface area (Å²) in [6.45, 7) is 0. The topological polar surface area (TPSA) is 17.1 Å². The van der Waals surface area contributed by atoms with Gasteiger partial charge in [-0.25, -0.2) is 0 Å². The van der Waals surface area contributed by atoms with Crippen LogP contribution in [0.2, 0.25) is 5.02 Å². The molecule has 1 heterocycles. The Balaban J connectivity index is 2.17. The number of carbonyl (C=O) groups excluding carboxylic acids is 1. The van der Waals surface area contributed by atoms with Crippen LogP contribution in [0.3, 0.4) is 0 Å². The van der Waals surface area contributed by atoms with Crippen molar-refractivity contribution in [1.29, 1.82) is 0 Å². The molecule has 0 aliphatic rings. The summed E-state index contributed by atoms with van der Waals surface area (Å²) in [5.41, 5.74) is 1.66. The van der Waals surface area contributed by atoms with Gasteiger partial charge in [-0.15, -0.1) is 11.3 Å². The molecular weight excluding hydrogens is 355 g/mol. The largest absolute Gasteiger partial charge is 0.294 e. The maximum absolute atomic E-state index is 11.9. The van der Waals surface area contributed by atoms with E-state index in [2.05, 4.69) is 22.6 Å². The second-order valence-corrected chi connectivity index (χ2v) is 6.54. The van der Waals surface area contributed by atoms with Gasteiger partial charge in [0, 0.05) is 22.4 Å². The highest BCUT2D eigenvalue weighted by Crippen LogP contribution is 2.21. The first-order chi connectivity index (χ1) is 7.66. The molecule has 16 heavy (non-hydrogen) atoms.